The summed E-state index contributed by atoms with van der Waals surface area (Å²) in [5.41, 5.74) is 1.29. The number of hydrogen-bond acceptors (Lipinski definition) is 4. The van der Waals surface area contributed by atoms with E-state index >= 15 is 0 Å². The van der Waals surface area contributed by atoms with E-state index in [1.54, 1.807) is 31.0 Å². The van der Waals surface area contributed by atoms with Gasteiger partial charge in [0.15, 0.2) is 0 Å². The minimum atomic E-state index is -1.12. The Morgan fingerprint density at radius 3 is 2.39 bits per heavy atom. The highest BCUT2D eigenvalue weighted by Gasteiger charge is 2.17. The summed E-state index contributed by atoms with van der Waals surface area (Å²) in [6, 6.07) is 20.8. The molecule has 0 unspecified atom stereocenters. The molecule has 0 fully saturated rings. The minimum Gasteiger partial charge on any atom is -0.496 e. The maximum absolute atomic E-state index is 12.7. The van der Waals surface area contributed by atoms with E-state index in [9.17, 15) is 14.7 Å². The van der Waals surface area contributed by atoms with Crippen LogP contribution in [0.25, 0.3) is 21.5 Å². The number of benzene rings is 4. The second kappa shape index (κ2) is 10.3. The van der Waals surface area contributed by atoms with Crippen molar-refractivity contribution in [2.45, 2.75) is 5.75 Å². The smallest absolute Gasteiger partial charge is 0.336 e. The van der Waals surface area contributed by atoms with E-state index in [1.807, 2.05) is 42.5 Å². The number of methoxy groups -OCH3 is 1. The third-order valence-corrected chi connectivity index (χ3v) is 6.89. The number of carboxylic acids is 1. The van der Waals surface area contributed by atoms with Crippen molar-refractivity contribution in [1.29, 1.82) is 0 Å². The Morgan fingerprint density at radius 2 is 1.70 bits per heavy atom. The highest BCUT2D eigenvalue weighted by atomic mass is 79.9. The predicted octanol–water partition coefficient (Wildman–Crippen LogP) is 6.13. The van der Waals surface area contributed by atoms with Gasteiger partial charge in [-0.3, -0.25) is 4.79 Å². The molecule has 33 heavy (non-hydrogen) atoms. The molecule has 0 aromatic heterocycles. The Kier molecular flexibility index (Phi) is 7.20. The lowest BCUT2D eigenvalue weighted by atomic mass is 10.0. The monoisotopic (exact) mass is 523 g/mol. The Bertz CT molecular complexity index is 1360. The van der Waals surface area contributed by atoms with Crippen molar-refractivity contribution in [2.75, 3.05) is 19.4 Å². The summed E-state index contributed by atoms with van der Waals surface area (Å²) in [4.78, 5) is 24.4. The lowest BCUT2D eigenvalue weighted by Gasteiger charge is -2.13. The number of thioether (sulfide) groups is 1. The molecule has 0 spiro atoms. The van der Waals surface area contributed by atoms with Gasteiger partial charge in [-0.05, 0) is 51.9 Å². The van der Waals surface area contributed by atoms with Crippen molar-refractivity contribution in [3.05, 3.63) is 87.9 Å². The molecule has 0 saturated heterocycles. The Labute approximate surface area is 204 Å². The van der Waals surface area contributed by atoms with E-state index in [1.165, 1.54) is 0 Å². The molecule has 1 amide bonds. The summed E-state index contributed by atoms with van der Waals surface area (Å²) in [6.45, 7) is 0.425. The number of hydrogen-bond donors (Lipinski definition) is 2. The molecule has 5 nitrogen and oxygen atoms in total. The summed E-state index contributed by atoms with van der Waals surface area (Å²) in [7, 11) is 1.66. The van der Waals surface area contributed by atoms with Crippen molar-refractivity contribution >= 4 is 61.1 Å². The first-order chi connectivity index (χ1) is 16.0. The lowest BCUT2D eigenvalue weighted by molar-refractivity contribution is 0.0691. The molecule has 2 N–H and O–H groups in total. The molecule has 4 aromatic carbocycles. The molecule has 0 saturated carbocycles. The second-order valence-corrected chi connectivity index (χ2v) is 9.49. The van der Waals surface area contributed by atoms with Gasteiger partial charge in [0, 0.05) is 28.1 Å². The molecule has 0 atom stereocenters. The number of carbonyl (C=O) groups excluding carboxylic acids is 1. The summed E-state index contributed by atoms with van der Waals surface area (Å²) in [6.07, 6.45) is 0. The fraction of sp³-hybridized carbons (Fsp3) is 0.154. The van der Waals surface area contributed by atoms with E-state index in [-0.39, 0.29) is 17.0 Å². The van der Waals surface area contributed by atoms with Crippen molar-refractivity contribution in [1.82, 2.24) is 5.32 Å². The van der Waals surface area contributed by atoms with Crippen LogP contribution in [0.5, 0.6) is 5.75 Å². The first-order valence-electron chi connectivity index (χ1n) is 10.3. The van der Waals surface area contributed by atoms with Gasteiger partial charge in [0.1, 0.15) is 5.75 Å². The third kappa shape index (κ3) is 5.15. The predicted molar refractivity (Wildman–Crippen MR) is 138 cm³/mol. The standard InChI is InChI=1S/C26H22BrNO4S/c1-32-24-9-6-18-12-19(27)7-8-20(18)23(24)15-33-11-10-28-25(29)21-13-16-4-2-3-5-17(16)14-22(21)26(30)31/h2-9,12-14H,10-11,15H2,1H3,(H,28,29)(H,30,31). The molecule has 0 radical (unpaired) electrons. The van der Waals surface area contributed by atoms with Crippen LogP contribution in [-0.4, -0.2) is 36.4 Å². The molecular weight excluding hydrogens is 502 g/mol. The van der Waals surface area contributed by atoms with Crippen LogP contribution in [0.1, 0.15) is 26.3 Å². The van der Waals surface area contributed by atoms with Crippen molar-refractivity contribution < 1.29 is 19.4 Å². The molecular formula is C26H22BrNO4S. The van der Waals surface area contributed by atoms with Crippen LogP contribution >= 0.6 is 27.7 Å². The Hall–Kier alpha value is -3.03. The average molecular weight is 524 g/mol. The molecule has 4 aromatic rings. The van der Waals surface area contributed by atoms with E-state index in [2.05, 4.69) is 33.4 Å². The van der Waals surface area contributed by atoms with E-state index in [4.69, 9.17) is 4.74 Å². The van der Waals surface area contributed by atoms with Gasteiger partial charge in [0.25, 0.3) is 5.91 Å². The normalized spacial score (nSPS) is 11.0. The van der Waals surface area contributed by atoms with Crippen LogP contribution in [0, 0.1) is 0 Å². The maximum Gasteiger partial charge on any atom is 0.336 e. The number of rotatable bonds is 8. The highest BCUT2D eigenvalue weighted by Crippen LogP contribution is 2.32. The quantitative estimate of drug-likeness (QED) is 0.272. The topological polar surface area (TPSA) is 75.6 Å². The first kappa shape index (κ1) is 23.1. The second-order valence-electron chi connectivity index (χ2n) is 7.47. The summed E-state index contributed by atoms with van der Waals surface area (Å²) < 4.78 is 6.58. The molecule has 168 valence electrons. The van der Waals surface area contributed by atoms with Gasteiger partial charge in [-0.1, -0.05) is 52.3 Å². The Balaban J connectivity index is 1.42. The van der Waals surface area contributed by atoms with Crippen LogP contribution in [0.2, 0.25) is 0 Å². The van der Waals surface area contributed by atoms with E-state index in [0.717, 1.165) is 43.1 Å². The number of amides is 1. The molecule has 7 heteroatoms. The van der Waals surface area contributed by atoms with E-state index < -0.39 is 5.97 Å². The zero-order valence-electron chi connectivity index (χ0n) is 17.9. The molecule has 4 rings (SSSR count). The molecule has 0 heterocycles. The van der Waals surface area contributed by atoms with Gasteiger partial charge in [0.2, 0.25) is 0 Å². The minimum absolute atomic E-state index is 0.00510. The summed E-state index contributed by atoms with van der Waals surface area (Å²) >= 11 is 5.19. The fourth-order valence-electron chi connectivity index (χ4n) is 3.80. The van der Waals surface area contributed by atoms with Crippen LogP contribution in [-0.2, 0) is 5.75 Å². The van der Waals surface area contributed by atoms with E-state index in [0.29, 0.717) is 12.3 Å². The third-order valence-electron chi connectivity index (χ3n) is 5.41. The SMILES string of the molecule is COc1ccc2cc(Br)ccc2c1CSCCNC(=O)c1cc2ccccc2cc1C(=O)O. The van der Waals surface area contributed by atoms with Crippen molar-refractivity contribution in [3.8, 4) is 5.75 Å². The van der Waals surface area contributed by atoms with Crippen LogP contribution < -0.4 is 10.1 Å². The van der Waals surface area contributed by atoms with Gasteiger partial charge in [-0.2, -0.15) is 11.8 Å². The van der Waals surface area contributed by atoms with Crippen LogP contribution in [0.4, 0.5) is 0 Å². The number of ether oxygens (including phenoxy) is 1. The largest absolute Gasteiger partial charge is 0.496 e. The summed E-state index contributed by atoms with van der Waals surface area (Å²) in [5.74, 6) is 0.747. The van der Waals surface area contributed by atoms with Crippen LogP contribution in [0.3, 0.4) is 0 Å². The van der Waals surface area contributed by atoms with Crippen molar-refractivity contribution in [3.63, 3.8) is 0 Å². The zero-order valence-corrected chi connectivity index (χ0v) is 20.3. The number of nitrogens with one attached hydrogen (secondary N) is 1. The van der Waals surface area contributed by atoms with Crippen molar-refractivity contribution in [2.24, 2.45) is 0 Å². The number of aromatic carboxylic acids is 1. The number of halogens is 1. The zero-order chi connectivity index (χ0) is 23.4. The number of carbonyl (C=O) groups is 2. The molecule has 0 aliphatic rings. The average Bonchev–Trinajstić information content (AvgIpc) is 2.82. The Morgan fingerprint density at radius 1 is 0.970 bits per heavy atom. The van der Waals surface area contributed by atoms with Gasteiger partial charge in [0.05, 0.1) is 18.2 Å². The highest BCUT2D eigenvalue weighted by molar-refractivity contribution is 9.10. The first-order valence-corrected chi connectivity index (χ1v) is 12.3. The van der Waals surface area contributed by atoms with Gasteiger partial charge in [-0.25, -0.2) is 4.79 Å². The fourth-order valence-corrected chi connectivity index (χ4v) is 5.07. The number of carboxylic acid groups (broad SMARTS) is 1. The van der Waals surface area contributed by atoms with Gasteiger partial charge < -0.3 is 15.2 Å². The number of fused-ring (bicyclic) bond motifs is 2. The molecule has 0 bridgehead atoms. The van der Waals surface area contributed by atoms with Gasteiger partial charge in [-0.15, -0.1) is 0 Å². The lowest BCUT2D eigenvalue weighted by Crippen LogP contribution is -2.27. The molecule has 0 aliphatic carbocycles. The molecule has 0 aliphatic heterocycles. The summed E-state index contributed by atoms with van der Waals surface area (Å²) in [5, 5.41) is 16.3. The maximum atomic E-state index is 12.7. The van der Waals surface area contributed by atoms with Crippen LogP contribution in [0.15, 0.2) is 71.2 Å². The van der Waals surface area contributed by atoms with Gasteiger partial charge >= 0.3 is 5.97 Å².